The highest BCUT2D eigenvalue weighted by Crippen LogP contribution is 2.13. The molecule has 0 aromatic heterocycles. The van der Waals surface area contributed by atoms with Crippen LogP contribution in [-0.2, 0) is 0 Å². The van der Waals surface area contributed by atoms with Crippen molar-refractivity contribution < 1.29 is 0 Å². The first kappa shape index (κ1) is 9.94. The van der Waals surface area contributed by atoms with Gasteiger partial charge in [-0.1, -0.05) is 25.5 Å². The predicted octanol–water partition coefficient (Wildman–Crippen LogP) is 1.88. The molecule has 0 aliphatic rings. The highest BCUT2D eigenvalue weighted by molar-refractivity contribution is 8.05. The highest BCUT2D eigenvalue weighted by Gasteiger charge is 1.90. The van der Waals surface area contributed by atoms with Crippen molar-refractivity contribution in [2.45, 2.75) is 6.92 Å². The maximum absolute atomic E-state index is 5.24. The van der Waals surface area contributed by atoms with Crippen LogP contribution < -0.4 is 10.5 Å². The molecule has 0 heterocycles. The monoisotopic (exact) mass is 176 g/mol. The van der Waals surface area contributed by atoms with Crippen molar-refractivity contribution in [1.29, 1.82) is 0 Å². The topological polar surface area (TPSA) is 38.0 Å². The van der Waals surface area contributed by atoms with Gasteiger partial charge in [0.2, 0.25) is 0 Å². The summed E-state index contributed by atoms with van der Waals surface area (Å²) in [6.45, 7) is 5.64. The first-order valence-corrected chi connectivity index (χ1v) is 4.84. The quantitative estimate of drug-likeness (QED) is 0.627. The van der Waals surface area contributed by atoms with E-state index in [1.54, 1.807) is 18.0 Å². The second kappa shape index (κ2) is 7.05. The lowest BCUT2D eigenvalue weighted by Gasteiger charge is -2.02. The van der Waals surface area contributed by atoms with Gasteiger partial charge in [0.1, 0.15) is 0 Å². The van der Waals surface area contributed by atoms with Crippen LogP contribution in [0.25, 0.3) is 0 Å². The van der Waals surface area contributed by atoms with Gasteiger partial charge in [-0.3, -0.25) is 5.14 Å². The Morgan fingerprint density at radius 2 is 2.50 bits per heavy atom. The summed E-state index contributed by atoms with van der Waals surface area (Å²) in [7, 11) is 0. The van der Waals surface area contributed by atoms with Gasteiger partial charge < -0.3 is 5.32 Å². The standard InChI is InChI=1S/C6H12N2S2/c1-3-8-6(5-10-7)9-4-2/h3,5,8H,1,4,7H2,2H3/b6-5+. The number of rotatable bonds is 5. The van der Waals surface area contributed by atoms with Gasteiger partial charge in [-0.25, -0.2) is 0 Å². The van der Waals surface area contributed by atoms with Crippen LogP contribution in [0.5, 0.6) is 0 Å². The van der Waals surface area contributed by atoms with Crippen LogP contribution >= 0.6 is 23.7 Å². The molecule has 3 N–H and O–H groups in total. The van der Waals surface area contributed by atoms with Crippen LogP contribution in [0.3, 0.4) is 0 Å². The fraction of sp³-hybridized carbons (Fsp3) is 0.333. The van der Waals surface area contributed by atoms with Crippen molar-refractivity contribution in [3.8, 4) is 0 Å². The van der Waals surface area contributed by atoms with E-state index in [2.05, 4.69) is 18.8 Å². The van der Waals surface area contributed by atoms with E-state index in [-0.39, 0.29) is 0 Å². The predicted molar refractivity (Wildman–Crippen MR) is 51.3 cm³/mol. The molecule has 10 heavy (non-hydrogen) atoms. The van der Waals surface area contributed by atoms with E-state index in [0.717, 1.165) is 10.8 Å². The van der Waals surface area contributed by atoms with Crippen molar-refractivity contribution >= 4 is 23.7 Å². The summed E-state index contributed by atoms with van der Waals surface area (Å²) in [6, 6.07) is 0. The maximum atomic E-state index is 5.24. The molecule has 0 aromatic carbocycles. The molecule has 0 unspecified atom stereocenters. The first-order chi connectivity index (χ1) is 4.85. The van der Waals surface area contributed by atoms with E-state index >= 15 is 0 Å². The van der Waals surface area contributed by atoms with E-state index in [9.17, 15) is 0 Å². The van der Waals surface area contributed by atoms with Crippen molar-refractivity contribution in [3.63, 3.8) is 0 Å². The lowest BCUT2D eigenvalue weighted by molar-refractivity contribution is 1.18. The fourth-order valence-electron chi connectivity index (χ4n) is 0.428. The van der Waals surface area contributed by atoms with Gasteiger partial charge >= 0.3 is 0 Å². The second-order valence-electron chi connectivity index (χ2n) is 1.40. The molecule has 0 spiro atoms. The summed E-state index contributed by atoms with van der Waals surface area (Å²) in [5.41, 5.74) is 0. The summed E-state index contributed by atoms with van der Waals surface area (Å²) in [5.74, 6) is 1.03. The average molecular weight is 176 g/mol. The van der Waals surface area contributed by atoms with Gasteiger partial charge in [0.25, 0.3) is 0 Å². The van der Waals surface area contributed by atoms with Gasteiger partial charge in [-0.05, 0) is 12.0 Å². The maximum Gasteiger partial charge on any atom is 0.0797 e. The molecular weight excluding hydrogens is 164 g/mol. The Balaban J connectivity index is 3.71. The fourth-order valence-corrected chi connectivity index (χ4v) is 1.54. The molecule has 0 aromatic rings. The molecule has 2 nitrogen and oxygen atoms in total. The first-order valence-electron chi connectivity index (χ1n) is 2.91. The van der Waals surface area contributed by atoms with Crippen molar-refractivity contribution in [2.24, 2.45) is 5.14 Å². The van der Waals surface area contributed by atoms with Crippen LogP contribution in [0, 0.1) is 0 Å². The molecule has 0 atom stereocenters. The molecule has 0 amide bonds. The van der Waals surface area contributed by atoms with E-state index < -0.39 is 0 Å². The molecule has 0 bridgehead atoms. The number of hydrogen-bond acceptors (Lipinski definition) is 4. The largest absolute Gasteiger partial charge is 0.357 e. The Bertz CT molecular complexity index is 123. The average Bonchev–Trinajstić information content (AvgIpc) is 1.90. The summed E-state index contributed by atoms with van der Waals surface area (Å²) >= 11 is 2.90. The normalized spacial score (nSPS) is 11.2. The Labute approximate surface area is 70.5 Å². The van der Waals surface area contributed by atoms with Crippen LogP contribution in [0.2, 0.25) is 0 Å². The van der Waals surface area contributed by atoms with Crippen molar-refractivity contribution in [3.05, 3.63) is 23.2 Å². The molecule has 58 valence electrons. The number of nitrogens with two attached hydrogens (primary N) is 1. The molecular formula is C6H12N2S2. The third kappa shape index (κ3) is 4.78. The zero-order chi connectivity index (χ0) is 7.82. The number of thioether (sulfide) groups is 1. The highest BCUT2D eigenvalue weighted by atomic mass is 32.2. The smallest absolute Gasteiger partial charge is 0.0797 e. The zero-order valence-electron chi connectivity index (χ0n) is 5.96. The van der Waals surface area contributed by atoms with Gasteiger partial charge in [-0.15, -0.1) is 11.8 Å². The summed E-state index contributed by atoms with van der Waals surface area (Å²) < 4.78 is 0. The van der Waals surface area contributed by atoms with Crippen LogP contribution in [0.1, 0.15) is 6.92 Å². The SMILES string of the molecule is C=CN/C(=C\SN)SCC. The Kier molecular flexibility index (Phi) is 7.01. The number of nitrogens with one attached hydrogen (secondary N) is 1. The van der Waals surface area contributed by atoms with Crippen LogP contribution in [0.4, 0.5) is 0 Å². The Hall–Kier alpha value is -0.0600. The molecule has 0 radical (unpaired) electrons. The second-order valence-corrected chi connectivity index (χ2v) is 3.21. The lowest BCUT2D eigenvalue weighted by Crippen LogP contribution is -2.00. The van der Waals surface area contributed by atoms with E-state index in [1.165, 1.54) is 11.9 Å². The third-order valence-corrected chi connectivity index (χ3v) is 2.08. The molecule has 0 rings (SSSR count). The Morgan fingerprint density at radius 1 is 1.80 bits per heavy atom. The molecule has 4 heteroatoms. The van der Waals surface area contributed by atoms with E-state index in [1.807, 2.05) is 5.41 Å². The lowest BCUT2D eigenvalue weighted by atomic mass is 10.9. The zero-order valence-corrected chi connectivity index (χ0v) is 7.60. The molecule has 0 aliphatic heterocycles. The summed E-state index contributed by atoms with van der Waals surface area (Å²) in [6.07, 6.45) is 1.64. The molecule has 0 aliphatic carbocycles. The summed E-state index contributed by atoms with van der Waals surface area (Å²) in [4.78, 5) is 0. The molecule has 0 saturated heterocycles. The minimum atomic E-state index is 1.03. The minimum absolute atomic E-state index is 1.03. The van der Waals surface area contributed by atoms with Gasteiger partial charge in [0.15, 0.2) is 0 Å². The van der Waals surface area contributed by atoms with E-state index in [4.69, 9.17) is 5.14 Å². The van der Waals surface area contributed by atoms with Gasteiger partial charge in [0.05, 0.1) is 5.03 Å². The van der Waals surface area contributed by atoms with Gasteiger partial charge in [-0.2, -0.15) is 0 Å². The molecule has 0 fully saturated rings. The number of hydrogen-bond donors (Lipinski definition) is 2. The van der Waals surface area contributed by atoms with Crippen LogP contribution in [0.15, 0.2) is 23.2 Å². The Morgan fingerprint density at radius 3 is 2.90 bits per heavy atom. The third-order valence-electron chi connectivity index (χ3n) is 0.719. The van der Waals surface area contributed by atoms with E-state index in [0.29, 0.717) is 0 Å². The van der Waals surface area contributed by atoms with Gasteiger partial charge in [0, 0.05) is 5.41 Å². The van der Waals surface area contributed by atoms with Crippen molar-refractivity contribution in [2.75, 3.05) is 5.75 Å². The van der Waals surface area contributed by atoms with Crippen LogP contribution in [-0.4, -0.2) is 5.75 Å². The summed E-state index contributed by atoms with van der Waals surface area (Å²) in [5, 5.41) is 11.1. The molecule has 0 saturated carbocycles. The van der Waals surface area contributed by atoms with Crippen molar-refractivity contribution in [1.82, 2.24) is 5.32 Å². The minimum Gasteiger partial charge on any atom is -0.357 e.